The van der Waals surface area contributed by atoms with Crippen molar-refractivity contribution in [3.63, 3.8) is 0 Å². The van der Waals surface area contributed by atoms with Crippen molar-refractivity contribution in [2.45, 2.75) is 20.3 Å². The fourth-order valence-electron chi connectivity index (χ4n) is 2.65. The summed E-state index contributed by atoms with van der Waals surface area (Å²) in [6, 6.07) is 7.80. The zero-order chi connectivity index (χ0) is 16.9. The van der Waals surface area contributed by atoms with Crippen molar-refractivity contribution in [1.82, 2.24) is 10.3 Å². The molecule has 5 nitrogen and oxygen atoms in total. The van der Waals surface area contributed by atoms with Gasteiger partial charge < -0.3 is 14.8 Å². The van der Waals surface area contributed by atoms with Gasteiger partial charge >= 0.3 is 0 Å². The van der Waals surface area contributed by atoms with Gasteiger partial charge in [-0.2, -0.15) is 0 Å². The maximum atomic E-state index is 12.4. The number of hydrogen-bond acceptors (Lipinski definition) is 5. The highest BCUT2D eigenvalue weighted by molar-refractivity contribution is 7.17. The fraction of sp³-hybridized carbons (Fsp3) is 0.444. The maximum Gasteiger partial charge on any atom is 0.263 e. The van der Waals surface area contributed by atoms with Crippen LogP contribution in [-0.4, -0.2) is 37.3 Å². The quantitative estimate of drug-likeness (QED) is 0.872. The first-order valence-corrected chi connectivity index (χ1v) is 9.05. The van der Waals surface area contributed by atoms with E-state index in [1.807, 2.05) is 38.1 Å². The van der Waals surface area contributed by atoms with Gasteiger partial charge in [-0.15, -0.1) is 11.3 Å². The van der Waals surface area contributed by atoms with Crippen LogP contribution in [0.2, 0.25) is 0 Å². The van der Waals surface area contributed by atoms with E-state index >= 15 is 0 Å². The van der Waals surface area contributed by atoms with E-state index in [1.54, 1.807) is 0 Å². The SMILES string of the molecule is CCOc1ccc(-c2nc(C)c(C(=O)NC[C@@H]3CCOC3)s2)cc1. The topological polar surface area (TPSA) is 60.5 Å². The number of rotatable bonds is 6. The van der Waals surface area contributed by atoms with E-state index in [1.165, 1.54) is 11.3 Å². The number of carbonyl (C=O) groups is 1. The lowest BCUT2D eigenvalue weighted by Crippen LogP contribution is -2.29. The third-order valence-corrected chi connectivity index (χ3v) is 5.20. The molecule has 0 spiro atoms. The predicted molar refractivity (Wildman–Crippen MR) is 94.7 cm³/mol. The van der Waals surface area contributed by atoms with Crippen molar-refractivity contribution < 1.29 is 14.3 Å². The van der Waals surface area contributed by atoms with Crippen LogP contribution in [0.3, 0.4) is 0 Å². The third kappa shape index (κ3) is 3.94. The molecule has 24 heavy (non-hydrogen) atoms. The molecule has 3 rings (SSSR count). The van der Waals surface area contributed by atoms with Crippen LogP contribution in [0.5, 0.6) is 5.75 Å². The van der Waals surface area contributed by atoms with Gasteiger partial charge in [0.2, 0.25) is 0 Å². The first kappa shape index (κ1) is 16.9. The highest BCUT2D eigenvalue weighted by atomic mass is 32.1. The third-order valence-electron chi connectivity index (χ3n) is 3.99. The largest absolute Gasteiger partial charge is 0.494 e. The molecule has 128 valence electrons. The summed E-state index contributed by atoms with van der Waals surface area (Å²) >= 11 is 1.43. The average Bonchev–Trinajstić information content (AvgIpc) is 3.23. The maximum absolute atomic E-state index is 12.4. The first-order valence-electron chi connectivity index (χ1n) is 8.24. The summed E-state index contributed by atoms with van der Waals surface area (Å²) in [5.41, 5.74) is 1.76. The Kier molecular flexibility index (Phi) is 5.48. The molecule has 1 aromatic heterocycles. The second-order valence-electron chi connectivity index (χ2n) is 5.83. The number of ether oxygens (including phenoxy) is 2. The van der Waals surface area contributed by atoms with E-state index in [-0.39, 0.29) is 5.91 Å². The Hall–Kier alpha value is -1.92. The number of carbonyl (C=O) groups excluding carboxylic acids is 1. The molecule has 2 heterocycles. The van der Waals surface area contributed by atoms with E-state index in [4.69, 9.17) is 9.47 Å². The molecule has 0 saturated carbocycles. The lowest BCUT2D eigenvalue weighted by molar-refractivity contribution is 0.0948. The van der Waals surface area contributed by atoms with Crippen LogP contribution >= 0.6 is 11.3 Å². The standard InChI is InChI=1S/C18H22N2O3S/c1-3-23-15-6-4-14(5-7-15)18-20-12(2)16(24-18)17(21)19-10-13-8-9-22-11-13/h4-7,13H,3,8-11H2,1-2H3,(H,19,21)/t13-/m0/s1. The number of thiazole rings is 1. The molecule has 1 amide bonds. The average molecular weight is 346 g/mol. The Morgan fingerprint density at radius 1 is 1.42 bits per heavy atom. The smallest absolute Gasteiger partial charge is 0.263 e. The summed E-state index contributed by atoms with van der Waals surface area (Å²) in [5, 5.41) is 3.86. The number of nitrogens with zero attached hydrogens (tertiary/aromatic N) is 1. The first-order chi connectivity index (χ1) is 11.7. The molecular formula is C18H22N2O3S. The van der Waals surface area contributed by atoms with Gasteiger partial charge in [0, 0.05) is 24.6 Å². The van der Waals surface area contributed by atoms with Crippen molar-refractivity contribution in [2.24, 2.45) is 5.92 Å². The van der Waals surface area contributed by atoms with Crippen molar-refractivity contribution in [1.29, 1.82) is 0 Å². The van der Waals surface area contributed by atoms with Crippen molar-refractivity contribution in [3.05, 3.63) is 34.8 Å². The summed E-state index contributed by atoms with van der Waals surface area (Å²) in [5.74, 6) is 1.22. The van der Waals surface area contributed by atoms with Crippen LogP contribution in [0.15, 0.2) is 24.3 Å². The van der Waals surface area contributed by atoms with Crippen LogP contribution in [0.25, 0.3) is 10.6 Å². The molecule has 1 aliphatic heterocycles. The molecule has 0 radical (unpaired) electrons. The second-order valence-corrected chi connectivity index (χ2v) is 6.83. The van der Waals surface area contributed by atoms with Crippen molar-refractivity contribution in [2.75, 3.05) is 26.4 Å². The molecule has 1 atom stereocenters. The Balaban J connectivity index is 1.68. The number of hydrogen-bond donors (Lipinski definition) is 1. The van der Waals surface area contributed by atoms with E-state index in [9.17, 15) is 4.79 Å². The molecule has 0 bridgehead atoms. The van der Waals surface area contributed by atoms with Gasteiger partial charge in [0.05, 0.1) is 18.9 Å². The molecule has 1 saturated heterocycles. The van der Waals surface area contributed by atoms with E-state index in [2.05, 4.69) is 10.3 Å². The van der Waals surface area contributed by atoms with Crippen LogP contribution in [0.4, 0.5) is 0 Å². The van der Waals surface area contributed by atoms with E-state index in [0.29, 0.717) is 23.9 Å². The summed E-state index contributed by atoms with van der Waals surface area (Å²) in [6.07, 6.45) is 1.01. The molecule has 0 unspecified atom stereocenters. The lowest BCUT2D eigenvalue weighted by atomic mass is 10.1. The molecule has 1 aromatic carbocycles. The van der Waals surface area contributed by atoms with Gasteiger partial charge in [-0.05, 0) is 44.5 Å². The minimum absolute atomic E-state index is 0.0471. The Bertz CT molecular complexity index is 691. The van der Waals surface area contributed by atoms with Crippen LogP contribution in [-0.2, 0) is 4.74 Å². The molecule has 1 fully saturated rings. The van der Waals surface area contributed by atoms with Gasteiger partial charge in [-0.1, -0.05) is 0 Å². The summed E-state index contributed by atoms with van der Waals surface area (Å²) in [6.45, 7) is 6.67. The molecule has 1 aliphatic rings. The number of aryl methyl sites for hydroxylation is 1. The van der Waals surface area contributed by atoms with Crippen LogP contribution < -0.4 is 10.1 Å². The Labute approximate surface area is 146 Å². The van der Waals surface area contributed by atoms with Crippen LogP contribution in [0, 0.1) is 12.8 Å². The summed E-state index contributed by atoms with van der Waals surface area (Å²) in [4.78, 5) is 17.6. The van der Waals surface area contributed by atoms with E-state index < -0.39 is 0 Å². The van der Waals surface area contributed by atoms with Gasteiger partial charge in [-0.25, -0.2) is 4.98 Å². The Morgan fingerprint density at radius 3 is 2.88 bits per heavy atom. The minimum Gasteiger partial charge on any atom is -0.494 e. The number of amides is 1. The fourth-order valence-corrected chi connectivity index (χ4v) is 3.64. The van der Waals surface area contributed by atoms with Crippen LogP contribution in [0.1, 0.15) is 28.7 Å². The second kappa shape index (κ2) is 7.77. The lowest BCUT2D eigenvalue weighted by Gasteiger charge is -2.08. The van der Waals surface area contributed by atoms with E-state index in [0.717, 1.165) is 41.6 Å². The minimum atomic E-state index is -0.0471. The summed E-state index contributed by atoms with van der Waals surface area (Å²) < 4.78 is 10.8. The highest BCUT2D eigenvalue weighted by Gasteiger charge is 2.20. The van der Waals surface area contributed by atoms with Gasteiger partial charge in [0.1, 0.15) is 15.6 Å². The molecule has 0 aliphatic carbocycles. The number of benzene rings is 1. The molecular weight excluding hydrogens is 324 g/mol. The normalized spacial score (nSPS) is 17.0. The monoisotopic (exact) mass is 346 g/mol. The predicted octanol–water partition coefficient (Wildman–Crippen LogP) is 3.28. The molecule has 1 N–H and O–H groups in total. The number of aromatic nitrogens is 1. The molecule has 2 aromatic rings. The van der Waals surface area contributed by atoms with Crippen molar-refractivity contribution >= 4 is 17.2 Å². The zero-order valence-electron chi connectivity index (χ0n) is 14.0. The van der Waals surface area contributed by atoms with Gasteiger partial charge in [0.25, 0.3) is 5.91 Å². The van der Waals surface area contributed by atoms with Gasteiger partial charge in [-0.3, -0.25) is 4.79 Å². The van der Waals surface area contributed by atoms with Gasteiger partial charge in [0.15, 0.2) is 0 Å². The highest BCUT2D eigenvalue weighted by Crippen LogP contribution is 2.29. The zero-order valence-corrected chi connectivity index (χ0v) is 14.8. The number of nitrogens with one attached hydrogen (secondary N) is 1. The molecule has 6 heteroatoms. The van der Waals surface area contributed by atoms with Crippen molar-refractivity contribution in [3.8, 4) is 16.3 Å². The summed E-state index contributed by atoms with van der Waals surface area (Å²) in [7, 11) is 0. The Morgan fingerprint density at radius 2 is 2.21 bits per heavy atom.